The van der Waals surface area contributed by atoms with Gasteiger partial charge in [-0.15, -0.1) is 0 Å². The van der Waals surface area contributed by atoms with Crippen LogP contribution in [-0.2, 0) is 23.9 Å². The Balaban J connectivity index is 1.52. The van der Waals surface area contributed by atoms with Gasteiger partial charge in [0, 0.05) is 18.2 Å². The summed E-state index contributed by atoms with van der Waals surface area (Å²) in [6.07, 6.45) is 3.22. The number of nitrogens with zero attached hydrogens (tertiary/aromatic N) is 1. The quantitative estimate of drug-likeness (QED) is 0.401. The number of cyclic esters (lactones) is 1. The molecule has 3 amide bonds. The van der Waals surface area contributed by atoms with Gasteiger partial charge in [-0.2, -0.15) is 0 Å². The SMILES string of the molecule is CCOC1OC(=O)CC1NC(=O)[C@@H]1CC[C@H]2C/C(C)=C\C[C@H](NC(=O)c3ccc(O)c(C)c3)C(=O)N21. The van der Waals surface area contributed by atoms with Gasteiger partial charge in [0.25, 0.3) is 5.91 Å². The lowest BCUT2D eigenvalue weighted by Gasteiger charge is -2.35. The molecule has 3 heterocycles. The average Bonchev–Trinajstić information content (AvgIpc) is 3.39. The summed E-state index contributed by atoms with van der Waals surface area (Å²) in [7, 11) is 0. The summed E-state index contributed by atoms with van der Waals surface area (Å²) in [6.45, 7) is 5.78. The Morgan fingerprint density at radius 3 is 2.67 bits per heavy atom. The van der Waals surface area contributed by atoms with Crippen molar-refractivity contribution >= 4 is 23.7 Å². The molecule has 4 rings (SSSR count). The molecule has 0 aromatic heterocycles. The first kappa shape index (κ1) is 25.7. The number of hydrogen-bond donors (Lipinski definition) is 3. The van der Waals surface area contributed by atoms with Gasteiger partial charge < -0.3 is 30.1 Å². The van der Waals surface area contributed by atoms with Gasteiger partial charge in [0.2, 0.25) is 18.1 Å². The lowest BCUT2D eigenvalue weighted by Crippen LogP contribution is -2.57. The van der Waals surface area contributed by atoms with E-state index in [1.165, 1.54) is 12.1 Å². The van der Waals surface area contributed by atoms with E-state index < -0.39 is 36.3 Å². The number of nitrogens with one attached hydrogen (secondary N) is 2. The zero-order chi connectivity index (χ0) is 26.0. The van der Waals surface area contributed by atoms with E-state index in [2.05, 4.69) is 10.6 Å². The number of rotatable bonds is 6. The number of hydrogen-bond acceptors (Lipinski definition) is 7. The molecule has 0 saturated carbocycles. The second kappa shape index (κ2) is 10.7. The molecule has 2 unspecified atom stereocenters. The van der Waals surface area contributed by atoms with E-state index in [1.54, 1.807) is 24.8 Å². The van der Waals surface area contributed by atoms with Gasteiger partial charge in [0.1, 0.15) is 23.9 Å². The van der Waals surface area contributed by atoms with E-state index in [0.29, 0.717) is 43.4 Å². The second-order valence-electron chi connectivity index (χ2n) is 9.64. The van der Waals surface area contributed by atoms with Gasteiger partial charge in [-0.05, 0) is 70.2 Å². The summed E-state index contributed by atoms with van der Waals surface area (Å²) in [4.78, 5) is 53.3. The fourth-order valence-electron chi connectivity index (χ4n) is 5.14. The molecule has 2 saturated heterocycles. The standard InChI is InChI=1S/C26H33N3O7/c1-4-35-26-19(13-22(31)36-26)28-24(33)20-9-7-17-11-14(2)5-8-18(25(34)29(17)20)27-23(32)16-6-10-21(30)15(3)12-16/h5-6,10,12,17-20,26,30H,4,7-9,11,13H2,1-3H3,(H,27,32)(H,28,33)/b14-5-/t17-,18-,19?,20-,26?/m0/s1. The fraction of sp³-hybridized carbons (Fsp3) is 0.538. The van der Waals surface area contributed by atoms with E-state index >= 15 is 0 Å². The number of amides is 3. The largest absolute Gasteiger partial charge is 0.508 e. The Labute approximate surface area is 210 Å². The van der Waals surface area contributed by atoms with E-state index in [-0.39, 0.29) is 30.0 Å². The molecule has 10 nitrogen and oxygen atoms in total. The predicted molar refractivity (Wildman–Crippen MR) is 129 cm³/mol. The first-order chi connectivity index (χ1) is 17.2. The van der Waals surface area contributed by atoms with Crippen molar-refractivity contribution in [3.8, 4) is 5.75 Å². The molecule has 5 atom stereocenters. The highest BCUT2D eigenvalue weighted by Crippen LogP contribution is 2.32. The van der Waals surface area contributed by atoms with Crippen LogP contribution in [0.3, 0.4) is 0 Å². The van der Waals surface area contributed by atoms with Crippen LogP contribution < -0.4 is 10.6 Å². The summed E-state index contributed by atoms with van der Waals surface area (Å²) < 4.78 is 10.6. The average molecular weight is 500 g/mol. The third kappa shape index (κ3) is 5.38. The molecule has 1 aromatic carbocycles. The first-order valence-corrected chi connectivity index (χ1v) is 12.4. The minimum Gasteiger partial charge on any atom is -0.508 e. The number of carbonyl (C=O) groups is 4. The molecular formula is C26H33N3O7. The molecule has 10 heteroatoms. The lowest BCUT2D eigenvalue weighted by molar-refractivity contribution is -0.164. The number of benzene rings is 1. The molecule has 3 aliphatic heterocycles. The number of aryl methyl sites for hydroxylation is 1. The number of esters is 1. The molecule has 0 bridgehead atoms. The van der Waals surface area contributed by atoms with Gasteiger partial charge in [0.15, 0.2) is 0 Å². The van der Waals surface area contributed by atoms with Crippen molar-refractivity contribution in [2.75, 3.05) is 6.61 Å². The van der Waals surface area contributed by atoms with Crippen molar-refractivity contribution in [1.29, 1.82) is 0 Å². The maximum atomic E-state index is 13.7. The van der Waals surface area contributed by atoms with Crippen LogP contribution in [0.5, 0.6) is 5.75 Å². The van der Waals surface area contributed by atoms with Gasteiger partial charge >= 0.3 is 5.97 Å². The van der Waals surface area contributed by atoms with Crippen molar-refractivity contribution in [3.63, 3.8) is 0 Å². The molecule has 0 radical (unpaired) electrons. The topological polar surface area (TPSA) is 134 Å². The number of carbonyl (C=O) groups excluding carboxylic acids is 4. The second-order valence-corrected chi connectivity index (χ2v) is 9.64. The Morgan fingerprint density at radius 2 is 1.94 bits per heavy atom. The van der Waals surface area contributed by atoms with Gasteiger partial charge in [-0.1, -0.05) is 11.6 Å². The Kier molecular flexibility index (Phi) is 7.63. The monoisotopic (exact) mass is 499 g/mol. The minimum atomic E-state index is -0.849. The normalized spacial score (nSPS) is 29.5. The highest BCUT2D eigenvalue weighted by atomic mass is 16.7. The fourth-order valence-corrected chi connectivity index (χ4v) is 5.14. The van der Waals surface area contributed by atoms with Gasteiger partial charge in [-0.3, -0.25) is 19.2 Å². The summed E-state index contributed by atoms with van der Waals surface area (Å²) >= 11 is 0. The van der Waals surface area contributed by atoms with Crippen LogP contribution in [0.2, 0.25) is 0 Å². The number of phenolic OH excluding ortho intramolecular Hbond substituents is 1. The number of fused-ring (bicyclic) bond motifs is 1. The zero-order valence-electron chi connectivity index (χ0n) is 20.8. The first-order valence-electron chi connectivity index (χ1n) is 12.4. The highest BCUT2D eigenvalue weighted by Gasteiger charge is 2.46. The zero-order valence-corrected chi connectivity index (χ0v) is 20.8. The summed E-state index contributed by atoms with van der Waals surface area (Å²) in [5, 5.41) is 15.4. The number of aromatic hydroxyl groups is 1. The summed E-state index contributed by atoms with van der Waals surface area (Å²) in [5.74, 6) is -1.47. The predicted octanol–water partition coefficient (Wildman–Crippen LogP) is 1.69. The van der Waals surface area contributed by atoms with Gasteiger partial charge in [0.05, 0.1) is 6.42 Å². The Morgan fingerprint density at radius 1 is 1.17 bits per heavy atom. The summed E-state index contributed by atoms with van der Waals surface area (Å²) in [6, 6.07) is 2.16. The lowest BCUT2D eigenvalue weighted by atomic mass is 9.98. The van der Waals surface area contributed by atoms with E-state index in [0.717, 1.165) is 5.57 Å². The van der Waals surface area contributed by atoms with E-state index in [4.69, 9.17) is 9.47 Å². The Bertz CT molecular complexity index is 1090. The smallest absolute Gasteiger partial charge is 0.310 e. The van der Waals surface area contributed by atoms with Crippen LogP contribution in [0.1, 0.15) is 61.9 Å². The van der Waals surface area contributed by atoms with Crippen molar-refractivity contribution in [1.82, 2.24) is 15.5 Å². The number of ether oxygens (including phenoxy) is 2. The van der Waals surface area contributed by atoms with Crippen molar-refractivity contribution in [2.24, 2.45) is 0 Å². The Hall–Kier alpha value is -3.40. The van der Waals surface area contributed by atoms with Crippen molar-refractivity contribution in [3.05, 3.63) is 41.0 Å². The van der Waals surface area contributed by atoms with Crippen LogP contribution in [0.4, 0.5) is 0 Å². The maximum absolute atomic E-state index is 13.7. The molecule has 36 heavy (non-hydrogen) atoms. The molecule has 3 N–H and O–H groups in total. The van der Waals surface area contributed by atoms with Crippen LogP contribution in [0, 0.1) is 6.92 Å². The van der Waals surface area contributed by atoms with Crippen molar-refractivity contribution in [2.45, 2.75) is 83.3 Å². The third-order valence-electron chi connectivity index (χ3n) is 7.00. The summed E-state index contributed by atoms with van der Waals surface area (Å²) in [5.41, 5.74) is 1.98. The minimum absolute atomic E-state index is 0.00702. The van der Waals surface area contributed by atoms with Crippen LogP contribution in [0.15, 0.2) is 29.8 Å². The molecule has 194 valence electrons. The number of phenols is 1. The third-order valence-corrected chi connectivity index (χ3v) is 7.00. The van der Waals surface area contributed by atoms with E-state index in [1.807, 2.05) is 13.0 Å². The molecule has 1 aromatic rings. The van der Waals surface area contributed by atoms with Crippen LogP contribution in [0.25, 0.3) is 0 Å². The molecule has 0 spiro atoms. The molecular weight excluding hydrogens is 466 g/mol. The molecule has 3 aliphatic rings. The molecule has 0 aliphatic carbocycles. The van der Waals surface area contributed by atoms with Crippen LogP contribution >= 0.6 is 0 Å². The van der Waals surface area contributed by atoms with Crippen molar-refractivity contribution < 1.29 is 33.8 Å². The van der Waals surface area contributed by atoms with Gasteiger partial charge in [-0.25, -0.2) is 0 Å². The molecule has 2 fully saturated rings. The highest BCUT2D eigenvalue weighted by molar-refractivity contribution is 5.99. The van der Waals surface area contributed by atoms with Crippen LogP contribution in [-0.4, -0.2) is 70.8 Å². The maximum Gasteiger partial charge on any atom is 0.310 e. The van der Waals surface area contributed by atoms with E-state index in [9.17, 15) is 24.3 Å².